The zero-order valence-corrected chi connectivity index (χ0v) is 14.7. The largest absolute Gasteiger partial charge is 0.497 e. The molecule has 0 fully saturated rings. The normalized spacial score (nSPS) is 11.0. The van der Waals surface area contributed by atoms with E-state index in [4.69, 9.17) is 14.2 Å². The van der Waals surface area contributed by atoms with E-state index in [2.05, 4.69) is 5.32 Å². The van der Waals surface area contributed by atoms with E-state index < -0.39 is 11.7 Å². The van der Waals surface area contributed by atoms with Crippen molar-refractivity contribution in [3.05, 3.63) is 29.6 Å². The predicted octanol–water partition coefficient (Wildman–Crippen LogP) is 4.78. The number of hydrogen-bond donors (Lipinski definition) is 1. The van der Waals surface area contributed by atoms with Crippen LogP contribution in [0, 0.1) is 0 Å². The lowest BCUT2D eigenvalue weighted by Crippen LogP contribution is -2.26. The molecule has 1 aromatic heterocycles. The van der Waals surface area contributed by atoms with Gasteiger partial charge in [-0.3, -0.25) is 5.32 Å². The van der Waals surface area contributed by atoms with Crippen LogP contribution in [0.4, 0.5) is 9.80 Å². The van der Waals surface area contributed by atoms with Gasteiger partial charge in [0, 0.05) is 17.0 Å². The number of rotatable bonds is 4. The maximum Gasteiger partial charge on any atom is 0.412 e. The van der Waals surface area contributed by atoms with Crippen LogP contribution in [0.15, 0.2) is 29.6 Å². The third kappa shape index (κ3) is 4.63. The molecule has 124 valence electrons. The zero-order chi connectivity index (χ0) is 17.0. The number of carbonyl (C=O) groups is 1. The maximum atomic E-state index is 11.8. The molecule has 0 aliphatic rings. The van der Waals surface area contributed by atoms with Crippen LogP contribution in [0.1, 0.15) is 20.8 Å². The van der Waals surface area contributed by atoms with Crippen molar-refractivity contribution in [1.82, 2.24) is 0 Å². The number of carbonyl (C=O) groups excluding carboxylic acids is 1. The summed E-state index contributed by atoms with van der Waals surface area (Å²) < 4.78 is 15.9. The van der Waals surface area contributed by atoms with Gasteiger partial charge < -0.3 is 14.2 Å². The topological polar surface area (TPSA) is 56.8 Å². The summed E-state index contributed by atoms with van der Waals surface area (Å²) in [6.07, 6.45) is -0.465. The SMILES string of the molecule is COc1ccc(-c2csc(NC(=O)OC(C)(C)C)c2)c(OC)c1. The van der Waals surface area contributed by atoms with Crippen molar-refractivity contribution >= 4 is 22.4 Å². The number of thiophene rings is 1. The highest BCUT2D eigenvalue weighted by Crippen LogP contribution is 2.37. The maximum absolute atomic E-state index is 11.8. The number of ether oxygens (including phenoxy) is 3. The summed E-state index contributed by atoms with van der Waals surface area (Å²) in [5, 5.41) is 5.41. The molecule has 0 spiro atoms. The van der Waals surface area contributed by atoms with E-state index in [1.807, 2.05) is 50.4 Å². The van der Waals surface area contributed by atoms with Gasteiger partial charge in [-0.1, -0.05) is 0 Å². The van der Waals surface area contributed by atoms with Crippen LogP contribution in [0.3, 0.4) is 0 Å². The lowest BCUT2D eigenvalue weighted by molar-refractivity contribution is 0.0636. The van der Waals surface area contributed by atoms with E-state index in [0.29, 0.717) is 10.8 Å². The second kappa shape index (κ2) is 6.91. The van der Waals surface area contributed by atoms with Gasteiger partial charge in [-0.15, -0.1) is 11.3 Å². The first-order valence-electron chi connectivity index (χ1n) is 7.13. The average Bonchev–Trinajstić information content (AvgIpc) is 2.92. The molecular weight excluding hydrogens is 314 g/mol. The van der Waals surface area contributed by atoms with E-state index in [1.54, 1.807) is 14.2 Å². The van der Waals surface area contributed by atoms with Crippen molar-refractivity contribution in [2.24, 2.45) is 0 Å². The van der Waals surface area contributed by atoms with Crippen molar-refractivity contribution in [2.75, 3.05) is 19.5 Å². The molecule has 2 rings (SSSR count). The van der Waals surface area contributed by atoms with Crippen LogP contribution < -0.4 is 14.8 Å². The van der Waals surface area contributed by atoms with Crippen LogP contribution in [-0.2, 0) is 4.74 Å². The number of nitrogens with one attached hydrogen (secondary N) is 1. The van der Waals surface area contributed by atoms with Gasteiger partial charge in [-0.25, -0.2) is 4.79 Å². The Bertz CT molecular complexity index is 688. The zero-order valence-electron chi connectivity index (χ0n) is 13.9. The quantitative estimate of drug-likeness (QED) is 0.873. The molecule has 1 heterocycles. The highest BCUT2D eigenvalue weighted by atomic mass is 32.1. The Morgan fingerprint density at radius 1 is 1.13 bits per heavy atom. The summed E-state index contributed by atoms with van der Waals surface area (Å²) in [6.45, 7) is 5.48. The third-order valence-electron chi connectivity index (χ3n) is 2.94. The molecule has 0 radical (unpaired) electrons. The van der Waals surface area contributed by atoms with Crippen molar-refractivity contribution in [2.45, 2.75) is 26.4 Å². The van der Waals surface area contributed by atoms with Crippen LogP contribution in [-0.4, -0.2) is 25.9 Å². The van der Waals surface area contributed by atoms with Crippen LogP contribution in [0.5, 0.6) is 11.5 Å². The smallest absolute Gasteiger partial charge is 0.412 e. The molecule has 6 heteroatoms. The molecule has 5 nitrogen and oxygen atoms in total. The van der Waals surface area contributed by atoms with Gasteiger partial charge in [-0.05, 0) is 44.5 Å². The van der Waals surface area contributed by atoms with E-state index in [9.17, 15) is 4.79 Å². The first kappa shape index (κ1) is 17.1. The van der Waals surface area contributed by atoms with Crippen LogP contribution in [0.2, 0.25) is 0 Å². The van der Waals surface area contributed by atoms with E-state index in [0.717, 1.165) is 16.9 Å². The molecule has 0 unspecified atom stereocenters. The summed E-state index contributed by atoms with van der Waals surface area (Å²) in [7, 11) is 3.23. The van der Waals surface area contributed by atoms with Crippen molar-refractivity contribution < 1.29 is 19.0 Å². The first-order valence-corrected chi connectivity index (χ1v) is 8.01. The monoisotopic (exact) mass is 335 g/mol. The summed E-state index contributed by atoms with van der Waals surface area (Å²) in [5.74, 6) is 1.44. The first-order chi connectivity index (χ1) is 10.8. The summed E-state index contributed by atoms with van der Waals surface area (Å²) in [4.78, 5) is 11.8. The van der Waals surface area contributed by atoms with Gasteiger partial charge in [0.1, 0.15) is 17.1 Å². The molecule has 1 amide bonds. The lowest BCUT2D eigenvalue weighted by Gasteiger charge is -2.19. The Morgan fingerprint density at radius 2 is 1.87 bits per heavy atom. The number of benzene rings is 1. The van der Waals surface area contributed by atoms with E-state index in [-0.39, 0.29) is 0 Å². The molecule has 1 N–H and O–H groups in total. The van der Waals surface area contributed by atoms with Crippen LogP contribution >= 0.6 is 11.3 Å². The molecule has 0 bridgehead atoms. The van der Waals surface area contributed by atoms with Gasteiger partial charge in [0.25, 0.3) is 0 Å². The summed E-state index contributed by atoms with van der Waals surface area (Å²) >= 11 is 1.43. The minimum atomic E-state index is -0.524. The molecule has 0 saturated heterocycles. The average molecular weight is 335 g/mol. The minimum Gasteiger partial charge on any atom is -0.497 e. The highest BCUT2D eigenvalue weighted by Gasteiger charge is 2.17. The lowest BCUT2D eigenvalue weighted by atomic mass is 10.1. The molecule has 0 aliphatic carbocycles. The number of amides is 1. The van der Waals surface area contributed by atoms with Gasteiger partial charge in [0.05, 0.1) is 19.2 Å². The fraction of sp³-hybridized carbons (Fsp3) is 0.353. The van der Waals surface area contributed by atoms with Gasteiger partial charge in [0.15, 0.2) is 0 Å². The Labute approximate surface area is 140 Å². The number of hydrogen-bond acceptors (Lipinski definition) is 5. The molecule has 0 atom stereocenters. The molecule has 23 heavy (non-hydrogen) atoms. The van der Waals surface area contributed by atoms with Gasteiger partial charge >= 0.3 is 6.09 Å². The Kier molecular flexibility index (Phi) is 5.15. The van der Waals surface area contributed by atoms with Gasteiger partial charge in [0.2, 0.25) is 0 Å². The van der Waals surface area contributed by atoms with Crippen molar-refractivity contribution in [3.63, 3.8) is 0 Å². The second-order valence-corrected chi connectivity index (χ2v) is 6.80. The third-order valence-corrected chi connectivity index (χ3v) is 3.79. The Balaban J connectivity index is 2.18. The van der Waals surface area contributed by atoms with Crippen molar-refractivity contribution in [3.8, 4) is 22.6 Å². The molecule has 2 aromatic rings. The molecule has 1 aromatic carbocycles. The fourth-order valence-electron chi connectivity index (χ4n) is 1.98. The number of methoxy groups -OCH3 is 2. The minimum absolute atomic E-state index is 0.465. The standard InChI is InChI=1S/C17H21NO4S/c1-17(2,3)22-16(19)18-15-8-11(10-23-15)13-7-6-12(20-4)9-14(13)21-5/h6-10H,1-5H3,(H,18,19). The van der Waals surface area contributed by atoms with Gasteiger partial charge in [-0.2, -0.15) is 0 Å². The highest BCUT2D eigenvalue weighted by molar-refractivity contribution is 7.14. The molecular formula is C17H21NO4S. The molecule has 0 aliphatic heterocycles. The Hall–Kier alpha value is -2.21. The fourth-order valence-corrected chi connectivity index (χ4v) is 2.77. The predicted molar refractivity (Wildman–Crippen MR) is 92.7 cm³/mol. The molecule has 0 saturated carbocycles. The Morgan fingerprint density at radius 3 is 2.48 bits per heavy atom. The summed E-state index contributed by atoms with van der Waals surface area (Å²) in [6, 6.07) is 7.51. The van der Waals surface area contributed by atoms with E-state index in [1.165, 1.54) is 11.3 Å². The second-order valence-electron chi connectivity index (χ2n) is 5.89. The van der Waals surface area contributed by atoms with Crippen molar-refractivity contribution in [1.29, 1.82) is 0 Å². The summed E-state index contributed by atoms with van der Waals surface area (Å²) in [5.41, 5.74) is 1.37. The van der Waals surface area contributed by atoms with E-state index >= 15 is 0 Å². The number of anilines is 1. The van der Waals surface area contributed by atoms with Crippen LogP contribution in [0.25, 0.3) is 11.1 Å².